The van der Waals surface area contributed by atoms with E-state index < -0.39 is 15.1 Å². The van der Waals surface area contributed by atoms with E-state index in [1.165, 1.54) is 0 Å². The van der Waals surface area contributed by atoms with Crippen molar-refractivity contribution in [3.63, 3.8) is 0 Å². The van der Waals surface area contributed by atoms with Gasteiger partial charge in [-0.15, -0.1) is 10.2 Å². The van der Waals surface area contributed by atoms with Crippen molar-refractivity contribution in [2.24, 2.45) is 0 Å². The van der Waals surface area contributed by atoms with Gasteiger partial charge in [-0.05, 0) is 55.8 Å². The highest BCUT2D eigenvalue weighted by atomic mass is 32.2. The number of nitrogens with zero attached hydrogens (tertiary/aromatic N) is 5. The average molecular weight is 481 g/mol. The van der Waals surface area contributed by atoms with Crippen LogP contribution in [0.1, 0.15) is 19.4 Å². The number of hydrogen-bond acceptors (Lipinski definition) is 8. The standard InChI is InChI=1S/C24H28N6O3S/c1-18(2)34(32,33)20-8-6-19(7-9-20)17-24(31)30-15-13-29(14-16-30)23-11-10-22(27-28-23)26-21-5-3-4-12-25-21/h3-12,18H,13-17H2,1-2H3,(H,25,26,27). The topological polar surface area (TPSA) is 108 Å². The zero-order valence-electron chi connectivity index (χ0n) is 19.3. The Morgan fingerprint density at radius 2 is 1.68 bits per heavy atom. The van der Waals surface area contributed by atoms with Gasteiger partial charge in [0.2, 0.25) is 5.91 Å². The number of nitrogens with one attached hydrogen (secondary N) is 1. The van der Waals surface area contributed by atoms with Crippen LogP contribution in [-0.4, -0.2) is 65.8 Å². The third-order valence-electron chi connectivity index (χ3n) is 5.76. The first-order valence-corrected chi connectivity index (χ1v) is 12.7. The van der Waals surface area contributed by atoms with Gasteiger partial charge in [-0.2, -0.15) is 0 Å². The minimum Gasteiger partial charge on any atom is -0.352 e. The van der Waals surface area contributed by atoms with Gasteiger partial charge in [0.15, 0.2) is 21.5 Å². The van der Waals surface area contributed by atoms with E-state index in [2.05, 4.69) is 25.4 Å². The number of rotatable bonds is 7. The van der Waals surface area contributed by atoms with Crippen LogP contribution >= 0.6 is 0 Å². The summed E-state index contributed by atoms with van der Waals surface area (Å²) in [6.45, 7) is 5.83. The number of sulfone groups is 1. The summed E-state index contributed by atoms with van der Waals surface area (Å²) in [6.07, 6.45) is 1.95. The predicted molar refractivity (Wildman–Crippen MR) is 131 cm³/mol. The summed E-state index contributed by atoms with van der Waals surface area (Å²) < 4.78 is 24.5. The minimum atomic E-state index is -3.31. The monoisotopic (exact) mass is 480 g/mol. The van der Waals surface area contributed by atoms with Crippen LogP contribution in [0.4, 0.5) is 17.5 Å². The number of benzene rings is 1. The van der Waals surface area contributed by atoms with E-state index in [1.807, 2.05) is 35.2 Å². The fraction of sp³-hybridized carbons (Fsp3) is 0.333. The van der Waals surface area contributed by atoms with E-state index >= 15 is 0 Å². The molecule has 0 atom stereocenters. The molecule has 3 aromatic rings. The van der Waals surface area contributed by atoms with Crippen molar-refractivity contribution in [3.05, 3.63) is 66.4 Å². The molecule has 1 amide bonds. The lowest BCUT2D eigenvalue weighted by atomic mass is 10.1. The Kier molecular flexibility index (Phi) is 7.06. The van der Waals surface area contributed by atoms with Crippen LogP contribution in [-0.2, 0) is 21.1 Å². The number of anilines is 3. The normalized spacial score (nSPS) is 14.3. The summed E-state index contributed by atoms with van der Waals surface area (Å²) in [5.74, 6) is 2.11. The molecule has 1 N–H and O–H groups in total. The molecule has 3 heterocycles. The summed E-state index contributed by atoms with van der Waals surface area (Å²) in [6, 6.07) is 16.0. The number of carbonyl (C=O) groups is 1. The van der Waals surface area contributed by atoms with Crippen LogP contribution in [0.2, 0.25) is 0 Å². The van der Waals surface area contributed by atoms with Gasteiger partial charge < -0.3 is 15.1 Å². The average Bonchev–Trinajstić information content (AvgIpc) is 2.85. The molecule has 2 aromatic heterocycles. The third kappa shape index (κ3) is 5.51. The fourth-order valence-electron chi connectivity index (χ4n) is 3.67. The van der Waals surface area contributed by atoms with Crippen molar-refractivity contribution in [3.8, 4) is 0 Å². The van der Waals surface area contributed by atoms with Gasteiger partial charge in [0.05, 0.1) is 16.6 Å². The highest BCUT2D eigenvalue weighted by molar-refractivity contribution is 7.92. The molecule has 1 saturated heterocycles. The minimum absolute atomic E-state index is 0.0279. The second kappa shape index (κ2) is 10.2. The maximum atomic E-state index is 12.8. The van der Waals surface area contributed by atoms with Gasteiger partial charge in [0.1, 0.15) is 5.82 Å². The molecular formula is C24H28N6O3S. The van der Waals surface area contributed by atoms with Crippen molar-refractivity contribution in [1.29, 1.82) is 0 Å². The lowest BCUT2D eigenvalue weighted by Gasteiger charge is -2.35. The molecule has 0 unspecified atom stereocenters. The van der Waals surface area contributed by atoms with E-state index in [0.29, 0.717) is 37.8 Å². The molecule has 178 valence electrons. The second-order valence-electron chi connectivity index (χ2n) is 8.40. The third-order valence-corrected chi connectivity index (χ3v) is 7.93. The molecule has 1 aliphatic rings. The van der Waals surface area contributed by atoms with E-state index in [0.717, 1.165) is 11.4 Å². The van der Waals surface area contributed by atoms with Crippen molar-refractivity contribution in [2.75, 3.05) is 36.4 Å². The van der Waals surface area contributed by atoms with Gasteiger partial charge in [0.25, 0.3) is 0 Å². The first kappa shape index (κ1) is 23.6. The lowest BCUT2D eigenvalue weighted by molar-refractivity contribution is -0.130. The quantitative estimate of drug-likeness (QED) is 0.550. The first-order valence-electron chi connectivity index (χ1n) is 11.2. The van der Waals surface area contributed by atoms with Crippen molar-refractivity contribution >= 4 is 33.2 Å². The molecule has 0 spiro atoms. The van der Waals surface area contributed by atoms with E-state index in [9.17, 15) is 13.2 Å². The Labute approximate surface area is 199 Å². The number of carbonyl (C=O) groups excluding carboxylic acids is 1. The van der Waals surface area contributed by atoms with Crippen LogP contribution in [0.5, 0.6) is 0 Å². The number of piperazine rings is 1. The molecule has 10 heteroatoms. The summed E-state index contributed by atoms with van der Waals surface area (Å²) in [7, 11) is -3.31. The van der Waals surface area contributed by atoms with Crippen LogP contribution in [0.25, 0.3) is 0 Å². The Morgan fingerprint density at radius 3 is 2.26 bits per heavy atom. The van der Waals surface area contributed by atoms with Gasteiger partial charge in [-0.1, -0.05) is 18.2 Å². The molecule has 0 radical (unpaired) electrons. The van der Waals surface area contributed by atoms with Crippen LogP contribution in [0.3, 0.4) is 0 Å². The molecule has 0 saturated carbocycles. The largest absolute Gasteiger partial charge is 0.352 e. The molecule has 4 rings (SSSR count). The van der Waals surface area contributed by atoms with E-state index in [-0.39, 0.29) is 17.2 Å². The molecule has 1 aromatic carbocycles. The Hall–Kier alpha value is -3.53. The molecule has 34 heavy (non-hydrogen) atoms. The SMILES string of the molecule is CC(C)S(=O)(=O)c1ccc(CC(=O)N2CCN(c3ccc(Nc4ccccn4)nn3)CC2)cc1. The van der Waals surface area contributed by atoms with Gasteiger partial charge >= 0.3 is 0 Å². The second-order valence-corrected chi connectivity index (χ2v) is 10.9. The maximum Gasteiger partial charge on any atom is 0.227 e. The Bertz CT molecular complexity index is 1210. The molecule has 9 nitrogen and oxygen atoms in total. The highest BCUT2D eigenvalue weighted by Crippen LogP contribution is 2.19. The van der Waals surface area contributed by atoms with E-state index in [1.54, 1.807) is 44.3 Å². The maximum absolute atomic E-state index is 12.8. The predicted octanol–water partition coefficient (Wildman–Crippen LogP) is 2.69. The lowest BCUT2D eigenvalue weighted by Crippen LogP contribution is -2.49. The van der Waals surface area contributed by atoms with Crippen molar-refractivity contribution in [1.82, 2.24) is 20.1 Å². The number of aromatic nitrogens is 3. The Balaban J connectivity index is 1.29. The molecule has 1 aliphatic heterocycles. The van der Waals surface area contributed by atoms with Crippen LogP contribution in [0.15, 0.2) is 65.7 Å². The number of pyridine rings is 1. The highest BCUT2D eigenvalue weighted by Gasteiger charge is 2.23. The molecule has 1 fully saturated rings. The summed E-state index contributed by atoms with van der Waals surface area (Å²) in [5.41, 5.74) is 0.803. The summed E-state index contributed by atoms with van der Waals surface area (Å²) in [4.78, 5) is 21.2. The van der Waals surface area contributed by atoms with Crippen molar-refractivity contribution < 1.29 is 13.2 Å². The zero-order chi connectivity index (χ0) is 24.1. The number of amides is 1. The van der Waals surface area contributed by atoms with Crippen LogP contribution in [0, 0.1) is 0 Å². The number of hydrogen-bond donors (Lipinski definition) is 1. The van der Waals surface area contributed by atoms with Crippen LogP contribution < -0.4 is 10.2 Å². The fourth-order valence-corrected chi connectivity index (χ4v) is 4.73. The Morgan fingerprint density at radius 1 is 0.941 bits per heavy atom. The molecule has 0 aliphatic carbocycles. The molecular weight excluding hydrogens is 452 g/mol. The van der Waals surface area contributed by atoms with Crippen molar-refractivity contribution in [2.45, 2.75) is 30.4 Å². The first-order chi connectivity index (χ1) is 16.3. The smallest absolute Gasteiger partial charge is 0.227 e. The summed E-state index contributed by atoms with van der Waals surface area (Å²) in [5, 5.41) is 11.2. The van der Waals surface area contributed by atoms with E-state index in [4.69, 9.17) is 0 Å². The molecule has 0 bridgehead atoms. The van der Waals surface area contributed by atoms with Gasteiger partial charge in [-0.3, -0.25) is 4.79 Å². The van der Waals surface area contributed by atoms with Gasteiger partial charge in [0, 0.05) is 32.4 Å². The summed E-state index contributed by atoms with van der Waals surface area (Å²) >= 11 is 0. The zero-order valence-corrected chi connectivity index (χ0v) is 20.1. The van der Waals surface area contributed by atoms with Gasteiger partial charge in [-0.25, -0.2) is 13.4 Å².